The Morgan fingerprint density at radius 3 is 1.41 bits per heavy atom. The van der Waals surface area contributed by atoms with Crippen LogP contribution in [0.25, 0.3) is 0 Å². The molecule has 10 nitrogen and oxygen atoms in total. The predicted molar refractivity (Wildman–Crippen MR) is 41.4 cm³/mol. The minimum Gasteiger partial charge on any atom is -0.543 e. The van der Waals surface area contributed by atoms with Gasteiger partial charge in [-0.1, -0.05) is 0 Å². The van der Waals surface area contributed by atoms with Gasteiger partial charge in [-0.2, -0.15) is 30.8 Å². The Kier molecular flexibility index (Phi) is 6.14. The minimum absolute atomic E-state index is 0. The first-order chi connectivity index (χ1) is 7.61. The molecule has 0 aliphatic carbocycles. The van der Waals surface area contributed by atoms with Gasteiger partial charge in [0.25, 0.3) is 0 Å². The SMILES string of the molecule is O=C([O-])c1cn[nH]n1.O=C([O-])c1cn[nH]n1.[Cu+2]. The Labute approximate surface area is 104 Å². The van der Waals surface area contributed by atoms with Crippen LogP contribution in [0.5, 0.6) is 0 Å². The largest absolute Gasteiger partial charge is 2.00 e. The van der Waals surface area contributed by atoms with E-state index in [9.17, 15) is 19.8 Å². The van der Waals surface area contributed by atoms with Crippen molar-refractivity contribution in [3.8, 4) is 0 Å². The molecule has 1 radical (unpaired) electrons. The van der Waals surface area contributed by atoms with Gasteiger partial charge in [0.2, 0.25) is 0 Å². The van der Waals surface area contributed by atoms with Gasteiger partial charge in [0.1, 0.15) is 11.4 Å². The maximum atomic E-state index is 9.83. The first-order valence-corrected chi connectivity index (χ1v) is 3.75. The standard InChI is InChI=1S/2C3H3N3O2.Cu/c2*7-3(8)2-1-4-6-5-2;/h2*1H,(H,7,8)(H,4,5,6);/q;;+2/p-2. The van der Waals surface area contributed by atoms with Crippen LogP contribution in [0.4, 0.5) is 0 Å². The molecule has 0 spiro atoms. The third kappa shape index (κ3) is 4.86. The van der Waals surface area contributed by atoms with E-state index >= 15 is 0 Å². The van der Waals surface area contributed by atoms with Gasteiger partial charge >= 0.3 is 17.1 Å². The number of carboxylic acids is 2. The van der Waals surface area contributed by atoms with E-state index < -0.39 is 11.9 Å². The van der Waals surface area contributed by atoms with Crippen LogP contribution in [-0.2, 0) is 17.1 Å². The van der Waals surface area contributed by atoms with Gasteiger partial charge in [0.05, 0.1) is 24.3 Å². The molecule has 0 saturated carbocycles. The Morgan fingerprint density at radius 2 is 1.29 bits per heavy atom. The van der Waals surface area contributed by atoms with Crippen LogP contribution in [0.15, 0.2) is 12.4 Å². The van der Waals surface area contributed by atoms with Gasteiger partial charge in [-0.25, -0.2) is 0 Å². The molecule has 0 aliphatic rings. The van der Waals surface area contributed by atoms with E-state index in [1.165, 1.54) is 0 Å². The molecule has 2 aromatic rings. The number of hydrogen-bond acceptors (Lipinski definition) is 8. The van der Waals surface area contributed by atoms with Crippen molar-refractivity contribution in [2.75, 3.05) is 0 Å². The van der Waals surface area contributed by atoms with E-state index in [-0.39, 0.29) is 28.5 Å². The van der Waals surface area contributed by atoms with Crippen molar-refractivity contribution < 1.29 is 36.9 Å². The van der Waals surface area contributed by atoms with Crippen LogP contribution in [0.2, 0.25) is 0 Å². The molecule has 2 N–H and O–H groups in total. The summed E-state index contributed by atoms with van der Waals surface area (Å²) in [5.74, 6) is -2.64. The first-order valence-electron chi connectivity index (χ1n) is 3.75. The maximum absolute atomic E-state index is 9.83. The normalized spacial score (nSPS) is 8.47. The van der Waals surface area contributed by atoms with Crippen molar-refractivity contribution in [2.45, 2.75) is 0 Å². The van der Waals surface area contributed by atoms with E-state index in [0.29, 0.717) is 0 Å². The molecular formula is C6H4CuN6O4. The molecule has 93 valence electrons. The average molecular weight is 288 g/mol. The average Bonchev–Trinajstić information content (AvgIpc) is 2.93. The Balaban J connectivity index is 0.000000284. The van der Waals surface area contributed by atoms with E-state index in [0.717, 1.165) is 12.4 Å². The summed E-state index contributed by atoms with van der Waals surface area (Å²) < 4.78 is 0. The van der Waals surface area contributed by atoms with Crippen molar-refractivity contribution in [2.24, 2.45) is 0 Å². The van der Waals surface area contributed by atoms with Gasteiger partial charge in [0.15, 0.2) is 0 Å². The molecule has 0 aromatic carbocycles. The maximum Gasteiger partial charge on any atom is 2.00 e. The molecule has 0 atom stereocenters. The fraction of sp³-hybridized carbons (Fsp3) is 0. The number of nitrogens with one attached hydrogen (secondary N) is 2. The number of hydrogen-bond donors (Lipinski definition) is 2. The fourth-order valence-corrected chi connectivity index (χ4v) is 0.600. The van der Waals surface area contributed by atoms with Crippen molar-refractivity contribution in [3.05, 3.63) is 23.8 Å². The number of H-pyrrole nitrogens is 2. The zero-order valence-corrected chi connectivity index (χ0v) is 8.82. The second kappa shape index (κ2) is 7.09. The van der Waals surface area contributed by atoms with Crippen LogP contribution < -0.4 is 10.2 Å². The number of rotatable bonds is 2. The fourth-order valence-electron chi connectivity index (χ4n) is 0.600. The molecule has 0 bridgehead atoms. The number of aromatic carboxylic acids is 2. The van der Waals surface area contributed by atoms with Crippen LogP contribution in [-0.4, -0.2) is 42.8 Å². The first kappa shape index (κ1) is 14.7. The summed E-state index contributed by atoms with van der Waals surface area (Å²) in [6, 6.07) is 0. The number of aromatic amines is 2. The zero-order chi connectivity index (χ0) is 12.0. The summed E-state index contributed by atoms with van der Waals surface area (Å²) in [5.41, 5.74) is -0.352. The smallest absolute Gasteiger partial charge is 0.543 e. The second-order valence-electron chi connectivity index (χ2n) is 2.29. The van der Waals surface area contributed by atoms with Gasteiger partial charge < -0.3 is 19.8 Å². The van der Waals surface area contributed by atoms with Gasteiger partial charge in [-0.3, -0.25) is 0 Å². The molecule has 0 fully saturated rings. The van der Waals surface area contributed by atoms with Crippen LogP contribution in [0, 0.1) is 0 Å². The van der Waals surface area contributed by atoms with E-state index in [1.54, 1.807) is 0 Å². The molecule has 17 heavy (non-hydrogen) atoms. The van der Waals surface area contributed by atoms with Crippen molar-refractivity contribution in [3.63, 3.8) is 0 Å². The molecule has 2 heterocycles. The minimum atomic E-state index is -1.32. The van der Waals surface area contributed by atoms with Gasteiger partial charge in [0, 0.05) is 0 Å². The number of aromatic nitrogens is 6. The summed E-state index contributed by atoms with van der Waals surface area (Å²) in [6.07, 6.45) is 2.16. The summed E-state index contributed by atoms with van der Waals surface area (Å²) in [6.45, 7) is 0. The quantitative estimate of drug-likeness (QED) is 0.533. The summed E-state index contributed by atoms with van der Waals surface area (Å²) in [5, 5.41) is 36.8. The zero-order valence-electron chi connectivity index (χ0n) is 7.88. The molecule has 0 saturated heterocycles. The Morgan fingerprint density at radius 1 is 0.941 bits per heavy atom. The molecule has 2 rings (SSSR count). The second-order valence-corrected chi connectivity index (χ2v) is 2.29. The predicted octanol–water partition coefficient (Wildman–Crippen LogP) is -3.67. The molecule has 0 aliphatic heterocycles. The van der Waals surface area contributed by atoms with Crippen molar-refractivity contribution in [1.82, 2.24) is 30.8 Å². The molecular weight excluding hydrogens is 284 g/mol. The number of carboxylic acid groups (broad SMARTS) is 2. The third-order valence-corrected chi connectivity index (χ3v) is 1.25. The molecule has 2 aromatic heterocycles. The summed E-state index contributed by atoms with van der Waals surface area (Å²) in [7, 11) is 0. The molecule has 0 amide bonds. The Hall–Kier alpha value is -2.26. The van der Waals surface area contributed by atoms with E-state index in [2.05, 4.69) is 30.8 Å². The van der Waals surface area contributed by atoms with Crippen LogP contribution >= 0.6 is 0 Å². The van der Waals surface area contributed by atoms with Crippen molar-refractivity contribution in [1.29, 1.82) is 0 Å². The number of carbonyl (C=O) groups is 2. The van der Waals surface area contributed by atoms with Crippen LogP contribution in [0.1, 0.15) is 21.0 Å². The van der Waals surface area contributed by atoms with Crippen molar-refractivity contribution >= 4 is 11.9 Å². The van der Waals surface area contributed by atoms with Crippen LogP contribution in [0.3, 0.4) is 0 Å². The summed E-state index contributed by atoms with van der Waals surface area (Å²) in [4.78, 5) is 19.7. The third-order valence-electron chi connectivity index (χ3n) is 1.25. The molecule has 0 unspecified atom stereocenters. The van der Waals surface area contributed by atoms with E-state index in [4.69, 9.17) is 0 Å². The van der Waals surface area contributed by atoms with Gasteiger partial charge in [-0.15, -0.1) is 0 Å². The monoisotopic (exact) mass is 287 g/mol. The topological polar surface area (TPSA) is 163 Å². The molecule has 11 heteroatoms. The summed E-state index contributed by atoms with van der Waals surface area (Å²) >= 11 is 0. The van der Waals surface area contributed by atoms with E-state index in [1.807, 2.05) is 0 Å². The van der Waals surface area contributed by atoms with Gasteiger partial charge in [-0.05, 0) is 0 Å². The Bertz CT molecular complexity index is 411. The number of carbonyl (C=O) groups excluding carboxylic acids is 2. The number of nitrogens with zero attached hydrogens (tertiary/aromatic N) is 4.